The van der Waals surface area contributed by atoms with Crippen LogP contribution in [0.15, 0.2) is 41.4 Å². The number of aliphatic imine (C=N–C) groups is 1. The second kappa shape index (κ2) is 10.9. The third-order valence-electron chi connectivity index (χ3n) is 3.99. The van der Waals surface area contributed by atoms with Crippen LogP contribution in [0.25, 0.3) is 0 Å². The first kappa shape index (κ1) is 22.1. The molecule has 0 atom stereocenters. The number of hydrogen-bond acceptors (Lipinski definition) is 5. The van der Waals surface area contributed by atoms with Gasteiger partial charge >= 0.3 is 6.61 Å². The number of nitrogens with one attached hydrogen (secondary N) is 2. The van der Waals surface area contributed by atoms with E-state index in [9.17, 15) is 8.78 Å². The molecule has 2 N–H and O–H groups in total. The predicted octanol–water partition coefficient (Wildman–Crippen LogP) is 3.18. The summed E-state index contributed by atoms with van der Waals surface area (Å²) in [5.41, 5.74) is 1.67. The Bertz CT molecular complexity index is 806. The van der Waals surface area contributed by atoms with Gasteiger partial charge in [0.15, 0.2) is 17.5 Å². The van der Waals surface area contributed by atoms with Crippen LogP contribution >= 0.6 is 0 Å². The molecule has 0 radical (unpaired) electrons. The van der Waals surface area contributed by atoms with Crippen LogP contribution < -0.4 is 29.6 Å². The van der Waals surface area contributed by atoms with Crippen LogP contribution in [-0.2, 0) is 13.1 Å². The van der Waals surface area contributed by atoms with Crippen molar-refractivity contribution in [2.45, 2.75) is 19.7 Å². The van der Waals surface area contributed by atoms with Gasteiger partial charge in [-0.25, -0.2) is 0 Å². The molecule has 0 aliphatic carbocycles. The fraction of sp³-hybridized carbons (Fsp3) is 0.350. The molecule has 0 saturated heterocycles. The third kappa shape index (κ3) is 6.41. The molecular formula is C20H25F2N3O4. The number of alkyl halides is 2. The lowest BCUT2D eigenvalue weighted by Gasteiger charge is -2.16. The molecule has 0 spiro atoms. The smallest absolute Gasteiger partial charge is 0.387 e. The van der Waals surface area contributed by atoms with E-state index in [0.29, 0.717) is 36.3 Å². The van der Waals surface area contributed by atoms with Crippen molar-refractivity contribution in [1.29, 1.82) is 0 Å². The van der Waals surface area contributed by atoms with Gasteiger partial charge in [-0.3, -0.25) is 4.99 Å². The average Bonchev–Trinajstić information content (AvgIpc) is 2.72. The molecule has 2 aromatic rings. The Morgan fingerprint density at radius 2 is 1.55 bits per heavy atom. The number of rotatable bonds is 9. The zero-order valence-corrected chi connectivity index (χ0v) is 16.8. The maximum atomic E-state index is 12.3. The molecular weight excluding hydrogens is 384 g/mol. The number of hydrogen-bond donors (Lipinski definition) is 2. The van der Waals surface area contributed by atoms with Gasteiger partial charge in [0.25, 0.3) is 0 Å². The standard InChI is InChI=1S/C20H25F2N3O4/c1-23-20(24-11-13-6-5-7-15(8-13)29-19(21)22)25-12-14-9-16(26-2)18(28-4)17(10-14)27-3/h5-10,19H,11-12H2,1-4H3,(H2,23,24,25). The van der Waals surface area contributed by atoms with Crippen molar-refractivity contribution in [2.24, 2.45) is 4.99 Å². The van der Waals surface area contributed by atoms with Gasteiger partial charge in [-0.2, -0.15) is 8.78 Å². The molecule has 0 fully saturated rings. The van der Waals surface area contributed by atoms with Gasteiger partial charge in [-0.15, -0.1) is 0 Å². The van der Waals surface area contributed by atoms with Crippen LogP contribution in [0.3, 0.4) is 0 Å². The van der Waals surface area contributed by atoms with Crippen molar-refractivity contribution in [1.82, 2.24) is 10.6 Å². The SMILES string of the molecule is CN=C(NCc1cccc(OC(F)F)c1)NCc1cc(OC)c(OC)c(OC)c1. The number of ether oxygens (including phenoxy) is 4. The quantitative estimate of drug-likeness (QED) is 0.490. The van der Waals surface area contributed by atoms with Crippen molar-refractivity contribution >= 4 is 5.96 Å². The Morgan fingerprint density at radius 1 is 0.931 bits per heavy atom. The van der Waals surface area contributed by atoms with E-state index in [4.69, 9.17) is 14.2 Å². The van der Waals surface area contributed by atoms with E-state index >= 15 is 0 Å². The van der Waals surface area contributed by atoms with Crippen molar-refractivity contribution in [3.05, 3.63) is 47.5 Å². The Morgan fingerprint density at radius 3 is 2.07 bits per heavy atom. The normalized spacial score (nSPS) is 11.2. The number of methoxy groups -OCH3 is 3. The third-order valence-corrected chi connectivity index (χ3v) is 3.99. The van der Waals surface area contributed by atoms with Crippen LogP contribution in [0, 0.1) is 0 Å². The fourth-order valence-electron chi connectivity index (χ4n) is 2.66. The Hall–Kier alpha value is -3.23. The summed E-state index contributed by atoms with van der Waals surface area (Å²) in [6.45, 7) is -2.02. The van der Waals surface area contributed by atoms with Gasteiger partial charge < -0.3 is 29.6 Å². The van der Waals surface area contributed by atoms with Crippen LogP contribution in [0.2, 0.25) is 0 Å². The lowest BCUT2D eigenvalue weighted by atomic mass is 10.2. The molecule has 0 aromatic heterocycles. The number of guanidine groups is 1. The zero-order valence-electron chi connectivity index (χ0n) is 16.8. The van der Waals surface area contributed by atoms with E-state index in [-0.39, 0.29) is 5.75 Å². The van der Waals surface area contributed by atoms with E-state index in [1.165, 1.54) is 6.07 Å². The highest BCUT2D eigenvalue weighted by atomic mass is 19.3. The van der Waals surface area contributed by atoms with Gasteiger partial charge in [0, 0.05) is 20.1 Å². The topological polar surface area (TPSA) is 73.3 Å². The molecule has 2 rings (SSSR count). The molecule has 9 heteroatoms. The Balaban J connectivity index is 1.99. The molecule has 7 nitrogen and oxygen atoms in total. The summed E-state index contributed by atoms with van der Waals surface area (Å²) in [6.07, 6.45) is 0. The molecule has 0 aliphatic heterocycles. The number of benzene rings is 2. The van der Waals surface area contributed by atoms with E-state index in [2.05, 4.69) is 20.4 Å². The van der Waals surface area contributed by atoms with Crippen molar-refractivity contribution in [3.8, 4) is 23.0 Å². The highest BCUT2D eigenvalue weighted by molar-refractivity contribution is 5.79. The van der Waals surface area contributed by atoms with E-state index < -0.39 is 6.61 Å². The second-order valence-electron chi connectivity index (χ2n) is 5.84. The van der Waals surface area contributed by atoms with Crippen LogP contribution in [0.4, 0.5) is 8.78 Å². The minimum atomic E-state index is -2.86. The molecule has 0 saturated carbocycles. The fourth-order valence-corrected chi connectivity index (χ4v) is 2.66. The second-order valence-corrected chi connectivity index (χ2v) is 5.84. The maximum Gasteiger partial charge on any atom is 0.387 e. The van der Waals surface area contributed by atoms with E-state index in [1.54, 1.807) is 46.6 Å². The predicted molar refractivity (Wildman–Crippen MR) is 106 cm³/mol. The minimum absolute atomic E-state index is 0.111. The average molecular weight is 409 g/mol. The first-order valence-corrected chi connectivity index (χ1v) is 8.77. The summed E-state index contributed by atoms with van der Waals surface area (Å²) < 4.78 is 45.1. The largest absolute Gasteiger partial charge is 0.493 e. The number of nitrogens with zero attached hydrogens (tertiary/aromatic N) is 1. The monoisotopic (exact) mass is 409 g/mol. The maximum absolute atomic E-state index is 12.3. The Kier molecular flexibility index (Phi) is 8.32. The van der Waals surface area contributed by atoms with Gasteiger partial charge in [-0.1, -0.05) is 12.1 Å². The van der Waals surface area contributed by atoms with Gasteiger partial charge in [0.05, 0.1) is 21.3 Å². The summed E-state index contributed by atoms with van der Waals surface area (Å²) >= 11 is 0. The van der Waals surface area contributed by atoms with Crippen LogP contribution in [0.1, 0.15) is 11.1 Å². The van der Waals surface area contributed by atoms with Crippen molar-refractivity contribution < 1.29 is 27.7 Å². The number of halogens is 2. The highest BCUT2D eigenvalue weighted by Gasteiger charge is 2.13. The summed E-state index contributed by atoms with van der Waals surface area (Å²) in [4.78, 5) is 4.16. The van der Waals surface area contributed by atoms with E-state index in [0.717, 1.165) is 11.1 Å². The summed E-state index contributed by atoms with van der Waals surface area (Å²) in [6, 6.07) is 10.2. The molecule has 0 unspecified atom stereocenters. The zero-order chi connectivity index (χ0) is 21.2. The van der Waals surface area contributed by atoms with Crippen molar-refractivity contribution in [3.63, 3.8) is 0 Å². The molecule has 29 heavy (non-hydrogen) atoms. The lowest BCUT2D eigenvalue weighted by molar-refractivity contribution is -0.0498. The van der Waals surface area contributed by atoms with Gasteiger partial charge in [-0.05, 0) is 35.4 Å². The van der Waals surface area contributed by atoms with Crippen molar-refractivity contribution in [2.75, 3.05) is 28.4 Å². The molecule has 0 bridgehead atoms. The molecule has 158 valence electrons. The van der Waals surface area contributed by atoms with Gasteiger partial charge in [0.2, 0.25) is 5.75 Å². The first-order valence-electron chi connectivity index (χ1n) is 8.77. The first-order chi connectivity index (χ1) is 14.0. The Labute approximate surface area is 168 Å². The summed E-state index contributed by atoms with van der Waals surface area (Å²) in [5.74, 6) is 2.29. The van der Waals surface area contributed by atoms with Gasteiger partial charge in [0.1, 0.15) is 5.75 Å². The molecule has 0 aliphatic rings. The summed E-state index contributed by atoms with van der Waals surface area (Å²) in [5, 5.41) is 6.30. The van der Waals surface area contributed by atoms with Crippen LogP contribution in [0.5, 0.6) is 23.0 Å². The van der Waals surface area contributed by atoms with E-state index in [1.807, 2.05) is 12.1 Å². The lowest BCUT2D eigenvalue weighted by Crippen LogP contribution is -2.36. The molecule has 0 amide bonds. The summed E-state index contributed by atoms with van der Waals surface area (Å²) in [7, 11) is 6.30. The highest BCUT2D eigenvalue weighted by Crippen LogP contribution is 2.38. The minimum Gasteiger partial charge on any atom is -0.493 e. The molecule has 2 aromatic carbocycles. The van der Waals surface area contributed by atoms with Crippen LogP contribution in [-0.4, -0.2) is 40.9 Å². The molecule has 0 heterocycles.